The first-order chi connectivity index (χ1) is 6.61. The lowest BCUT2D eigenvalue weighted by Crippen LogP contribution is -2.09. The summed E-state index contributed by atoms with van der Waals surface area (Å²) in [6.45, 7) is 1.83. The van der Waals surface area contributed by atoms with Crippen LogP contribution in [-0.4, -0.2) is 11.1 Å². The second-order valence-electron chi connectivity index (χ2n) is 2.89. The van der Waals surface area contributed by atoms with Crippen molar-refractivity contribution in [2.24, 2.45) is 5.73 Å². The first-order valence-electron chi connectivity index (χ1n) is 4.07. The van der Waals surface area contributed by atoms with Crippen molar-refractivity contribution in [3.63, 3.8) is 0 Å². The lowest BCUT2D eigenvalue weighted by molar-refractivity contribution is 0.0695. The maximum atomic E-state index is 10.8. The van der Waals surface area contributed by atoms with E-state index >= 15 is 0 Å². The van der Waals surface area contributed by atoms with Crippen LogP contribution in [0.3, 0.4) is 0 Å². The minimum absolute atomic E-state index is 0.128. The fourth-order valence-corrected chi connectivity index (χ4v) is 1.34. The molecule has 0 fully saturated rings. The normalized spacial score (nSPS) is 9.50. The second kappa shape index (κ2) is 3.90. The average Bonchev–Trinajstić information content (AvgIpc) is 2.17. The third kappa shape index (κ3) is 1.58. The molecule has 0 aliphatic carbocycles. The molecule has 4 heteroatoms. The van der Waals surface area contributed by atoms with E-state index in [0.29, 0.717) is 16.7 Å². The zero-order valence-electron chi connectivity index (χ0n) is 7.74. The van der Waals surface area contributed by atoms with Gasteiger partial charge < -0.3 is 10.8 Å². The Morgan fingerprint density at radius 1 is 1.64 bits per heavy atom. The summed E-state index contributed by atoms with van der Waals surface area (Å²) in [5.74, 6) is -1.02. The van der Waals surface area contributed by atoms with Crippen LogP contribution in [0, 0.1) is 18.3 Å². The maximum absolute atomic E-state index is 10.8. The van der Waals surface area contributed by atoms with Crippen LogP contribution in [0.15, 0.2) is 12.1 Å². The number of carboxylic acids is 1. The Bertz CT molecular complexity index is 419. The van der Waals surface area contributed by atoms with Crippen LogP contribution in [0.1, 0.15) is 27.0 Å². The van der Waals surface area contributed by atoms with Crippen molar-refractivity contribution < 1.29 is 9.90 Å². The molecule has 0 spiro atoms. The van der Waals surface area contributed by atoms with Gasteiger partial charge in [-0.3, -0.25) is 0 Å². The van der Waals surface area contributed by atoms with Crippen molar-refractivity contribution in [3.8, 4) is 6.07 Å². The summed E-state index contributed by atoms with van der Waals surface area (Å²) < 4.78 is 0. The third-order valence-corrected chi connectivity index (χ3v) is 2.15. The number of nitriles is 1. The number of rotatable bonds is 2. The molecule has 0 aliphatic heterocycles. The fraction of sp³-hybridized carbons (Fsp3) is 0.200. The van der Waals surface area contributed by atoms with Crippen LogP contribution in [0.5, 0.6) is 0 Å². The number of hydrogen-bond donors (Lipinski definition) is 2. The molecule has 3 N–H and O–H groups in total. The third-order valence-electron chi connectivity index (χ3n) is 2.15. The van der Waals surface area contributed by atoms with E-state index in [2.05, 4.69) is 0 Å². The zero-order chi connectivity index (χ0) is 10.7. The van der Waals surface area contributed by atoms with Gasteiger partial charge in [0.15, 0.2) is 0 Å². The highest BCUT2D eigenvalue weighted by Gasteiger charge is 2.13. The number of aromatic carboxylic acids is 1. The Labute approximate surface area is 81.6 Å². The van der Waals surface area contributed by atoms with Gasteiger partial charge in [0.2, 0.25) is 0 Å². The van der Waals surface area contributed by atoms with Crippen molar-refractivity contribution in [1.29, 1.82) is 5.26 Å². The van der Waals surface area contributed by atoms with Gasteiger partial charge in [-0.15, -0.1) is 0 Å². The summed E-state index contributed by atoms with van der Waals surface area (Å²) in [7, 11) is 0. The van der Waals surface area contributed by atoms with Crippen molar-refractivity contribution in [1.82, 2.24) is 0 Å². The lowest BCUT2D eigenvalue weighted by Gasteiger charge is -2.08. The number of hydrogen-bond acceptors (Lipinski definition) is 3. The number of nitrogens with zero attached hydrogens (tertiary/aromatic N) is 1. The number of carbonyl (C=O) groups is 1. The summed E-state index contributed by atoms with van der Waals surface area (Å²) >= 11 is 0. The van der Waals surface area contributed by atoms with Gasteiger partial charge in [0, 0.05) is 6.54 Å². The largest absolute Gasteiger partial charge is 0.478 e. The van der Waals surface area contributed by atoms with Crippen LogP contribution in [0.4, 0.5) is 0 Å². The Hall–Kier alpha value is -1.86. The fourth-order valence-electron chi connectivity index (χ4n) is 1.34. The first-order valence-corrected chi connectivity index (χ1v) is 4.07. The Kier molecular flexibility index (Phi) is 2.85. The maximum Gasteiger partial charge on any atom is 0.336 e. The molecular formula is C10H10N2O2. The molecule has 72 valence electrons. The average molecular weight is 190 g/mol. The zero-order valence-corrected chi connectivity index (χ0v) is 7.74. The Morgan fingerprint density at radius 2 is 2.29 bits per heavy atom. The molecule has 0 atom stereocenters. The Balaban J connectivity index is 3.45. The van der Waals surface area contributed by atoms with Crippen LogP contribution >= 0.6 is 0 Å². The number of nitrogens with two attached hydrogens (primary N) is 1. The molecule has 0 amide bonds. The van der Waals surface area contributed by atoms with E-state index in [4.69, 9.17) is 16.1 Å². The highest BCUT2D eigenvalue weighted by Crippen LogP contribution is 2.17. The van der Waals surface area contributed by atoms with Gasteiger partial charge in [0.05, 0.1) is 17.2 Å². The van der Waals surface area contributed by atoms with Gasteiger partial charge in [-0.1, -0.05) is 0 Å². The molecule has 0 aliphatic rings. The van der Waals surface area contributed by atoms with Crippen LogP contribution < -0.4 is 5.73 Å². The van der Waals surface area contributed by atoms with E-state index in [1.165, 1.54) is 12.1 Å². The summed E-state index contributed by atoms with van der Waals surface area (Å²) in [6.07, 6.45) is 0. The van der Waals surface area contributed by atoms with E-state index in [0.717, 1.165) is 0 Å². The summed E-state index contributed by atoms with van der Waals surface area (Å²) in [4.78, 5) is 10.8. The molecule has 1 rings (SSSR count). The molecule has 4 nitrogen and oxygen atoms in total. The van der Waals surface area contributed by atoms with Crippen molar-refractivity contribution in [2.45, 2.75) is 13.5 Å². The summed E-state index contributed by atoms with van der Waals surface area (Å²) in [6, 6.07) is 4.90. The lowest BCUT2D eigenvalue weighted by atomic mass is 9.97. The van der Waals surface area contributed by atoms with E-state index < -0.39 is 5.97 Å². The standard InChI is InChI=1S/C10H10N2O2/c1-6-7(4-11)2-3-8(10(13)14)9(6)5-12/h2-3H,5,12H2,1H3,(H,13,14). The molecule has 1 aromatic rings. The van der Waals surface area contributed by atoms with Gasteiger partial charge >= 0.3 is 5.97 Å². The minimum Gasteiger partial charge on any atom is -0.478 e. The highest BCUT2D eigenvalue weighted by molar-refractivity contribution is 5.90. The molecule has 0 unspecified atom stereocenters. The predicted octanol–water partition coefficient (Wildman–Crippen LogP) is 1.02. The highest BCUT2D eigenvalue weighted by atomic mass is 16.4. The van der Waals surface area contributed by atoms with Crippen molar-refractivity contribution >= 4 is 5.97 Å². The Morgan fingerprint density at radius 3 is 2.71 bits per heavy atom. The van der Waals surface area contributed by atoms with E-state index in [1.807, 2.05) is 6.07 Å². The SMILES string of the molecule is Cc1c(C#N)ccc(C(=O)O)c1CN. The van der Waals surface area contributed by atoms with Gasteiger partial charge in [-0.2, -0.15) is 5.26 Å². The van der Waals surface area contributed by atoms with Crippen molar-refractivity contribution in [2.75, 3.05) is 0 Å². The molecule has 0 aromatic heterocycles. The van der Waals surface area contributed by atoms with Gasteiger partial charge in [-0.25, -0.2) is 4.79 Å². The van der Waals surface area contributed by atoms with Crippen molar-refractivity contribution in [3.05, 3.63) is 34.4 Å². The van der Waals surface area contributed by atoms with Gasteiger partial charge in [-0.05, 0) is 30.2 Å². The predicted molar refractivity (Wildman–Crippen MR) is 50.7 cm³/mol. The van der Waals surface area contributed by atoms with Crippen LogP contribution in [0.2, 0.25) is 0 Å². The van der Waals surface area contributed by atoms with Crippen LogP contribution in [-0.2, 0) is 6.54 Å². The number of carboxylic acid groups (broad SMARTS) is 1. The molecule has 0 saturated heterocycles. The molecule has 0 bridgehead atoms. The molecule has 0 radical (unpaired) electrons. The van der Waals surface area contributed by atoms with Gasteiger partial charge in [0.1, 0.15) is 0 Å². The van der Waals surface area contributed by atoms with E-state index in [9.17, 15) is 4.79 Å². The molecule has 14 heavy (non-hydrogen) atoms. The minimum atomic E-state index is -1.02. The molecule has 1 aromatic carbocycles. The molecular weight excluding hydrogens is 180 g/mol. The van der Waals surface area contributed by atoms with Gasteiger partial charge in [0.25, 0.3) is 0 Å². The van der Waals surface area contributed by atoms with Crippen LogP contribution in [0.25, 0.3) is 0 Å². The van der Waals surface area contributed by atoms with E-state index in [-0.39, 0.29) is 12.1 Å². The summed E-state index contributed by atoms with van der Waals surface area (Å²) in [5, 5.41) is 17.6. The summed E-state index contributed by atoms with van der Waals surface area (Å²) in [5.41, 5.74) is 7.25. The molecule has 0 heterocycles. The smallest absolute Gasteiger partial charge is 0.336 e. The number of benzene rings is 1. The topological polar surface area (TPSA) is 87.1 Å². The monoisotopic (exact) mass is 190 g/mol. The second-order valence-corrected chi connectivity index (χ2v) is 2.89. The van der Waals surface area contributed by atoms with E-state index in [1.54, 1.807) is 6.92 Å². The molecule has 0 saturated carbocycles. The first kappa shape index (κ1) is 10.2. The quantitative estimate of drug-likeness (QED) is 0.728.